The molecule has 4 rings (SSSR count). The zero-order valence-electron chi connectivity index (χ0n) is 14.6. The third-order valence-corrected chi connectivity index (χ3v) is 4.14. The molecule has 0 spiro atoms. The average molecular weight is 357 g/mol. The Morgan fingerprint density at radius 2 is 1.85 bits per heavy atom. The Morgan fingerprint density at radius 1 is 0.963 bits per heavy atom. The standard InChI is InChI=1S/C21H19N5O/c27-11-10-24-21-18-7-8-22-14-16(18)12-19(26-21)15-6-9-23-20(13-15)25-17-4-2-1-3-5-17/h1-9,12-14,27H,10-11H2,(H,23,25)(H,24,26). The van der Waals surface area contributed by atoms with Crippen molar-refractivity contribution in [2.75, 3.05) is 23.8 Å². The Labute approximate surface area is 157 Å². The summed E-state index contributed by atoms with van der Waals surface area (Å²) in [6, 6.07) is 17.7. The van der Waals surface area contributed by atoms with Crippen LogP contribution in [0.25, 0.3) is 22.0 Å². The van der Waals surface area contributed by atoms with Crippen LogP contribution in [0.4, 0.5) is 17.3 Å². The van der Waals surface area contributed by atoms with Crippen molar-refractivity contribution in [3.05, 3.63) is 73.2 Å². The molecule has 0 saturated heterocycles. The molecule has 0 aliphatic carbocycles. The second-order valence-electron chi connectivity index (χ2n) is 6.02. The maximum absolute atomic E-state index is 9.14. The van der Waals surface area contributed by atoms with Gasteiger partial charge in [0.25, 0.3) is 0 Å². The fourth-order valence-electron chi connectivity index (χ4n) is 2.88. The summed E-state index contributed by atoms with van der Waals surface area (Å²) in [5, 5.41) is 17.6. The summed E-state index contributed by atoms with van der Waals surface area (Å²) in [5.41, 5.74) is 2.74. The fraction of sp³-hybridized carbons (Fsp3) is 0.0952. The van der Waals surface area contributed by atoms with Crippen molar-refractivity contribution in [3.8, 4) is 11.3 Å². The van der Waals surface area contributed by atoms with Crippen LogP contribution in [0.15, 0.2) is 73.2 Å². The Bertz CT molecular complexity index is 1050. The lowest BCUT2D eigenvalue weighted by atomic mass is 10.1. The minimum Gasteiger partial charge on any atom is -0.395 e. The van der Waals surface area contributed by atoms with Gasteiger partial charge >= 0.3 is 0 Å². The Kier molecular flexibility index (Phi) is 4.89. The van der Waals surface area contributed by atoms with Gasteiger partial charge in [-0.05, 0) is 36.4 Å². The third-order valence-electron chi connectivity index (χ3n) is 4.14. The number of aliphatic hydroxyl groups excluding tert-OH is 1. The van der Waals surface area contributed by atoms with Crippen LogP contribution in [0.1, 0.15) is 0 Å². The molecule has 0 aliphatic rings. The molecule has 1 aromatic carbocycles. The van der Waals surface area contributed by atoms with E-state index >= 15 is 0 Å². The number of anilines is 3. The van der Waals surface area contributed by atoms with Crippen LogP contribution in [0.5, 0.6) is 0 Å². The molecule has 0 fully saturated rings. The smallest absolute Gasteiger partial charge is 0.134 e. The number of fused-ring (bicyclic) bond motifs is 1. The predicted molar refractivity (Wildman–Crippen MR) is 108 cm³/mol. The molecule has 0 amide bonds. The molecule has 6 nitrogen and oxygen atoms in total. The van der Waals surface area contributed by atoms with Crippen LogP contribution in [-0.2, 0) is 0 Å². The molecule has 0 atom stereocenters. The quantitative estimate of drug-likeness (QED) is 0.486. The van der Waals surface area contributed by atoms with Crippen LogP contribution in [0.2, 0.25) is 0 Å². The average Bonchev–Trinajstić information content (AvgIpc) is 2.73. The summed E-state index contributed by atoms with van der Waals surface area (Å²) in [6.07, 6.45) is 5.31. The highest BCUT2D eigenvalue weighted by Crippen LogP contribution is 2.28. The Hall–Kier alpha value is -3.51. The molecule has 0 unspecified atom stereocenters. The van der Waals surface area contributed by atoms with Gasteiger partial charge in [-0.25, -0.2) is 9.97 Å². The minimum absolute atomic E-state index is 0.0406. The number of aromatic nitrogens is 3. The lowest BCUT2D eigenvalue weighted by Crippen LogP contribution is -2.08. The second-order valence-corrected chi connectivity index (χ2v) is 6.02. The first-order valence-electron chi connectivity index (χ1n) is 8.71. The van der Waals surface area contributed by atoms with E-state index in [1.807, 2.05) is 60.8 Å². The molecule has 6 heteroatoms. The number of hydrogen-bond acceptors (Lipinski definition) is 6. The van der Waals surface area contributed by atoms with Crippen LogP contribution < -0.4 is 10.6 Å². The van der Waals surface area contributed by atoms with E-state index in [9.17, 15) is 0 Å². The number of aliphatic hydroxyl groups is 1. The first kappa shape index (κ1) is 16.9. The number of hydrogen-bond donors (Lipinski definition) is 3. The van der Waals surface area contributed by atoms with Gasteiger partial charge < -0.3 is 15.7 Å². The molecule has 4 aromatic rings. The monoisotopic (exact) mass is 357 g/mol. The molecular weight excluding hydrogens is 338 g/mol. The van der Waals surface area contributed by atoms with E-state index in [0.717, 1.165) is 39.4 Å². The van der Waals surface area contributed by atoms with Gasteiger partial charge in [-0.15, -0.1) is 0 Å². The highest BCUT2D eigenvalue weighted by molar-refractivity contribution is 5.94. The summed E-state index contributed by atoms with van der Waals surface area (Å²) < 4.78 is 0. The van der Waals surface area contributed by atoms with Crippen LogP contribution in [-0.4, -0.2) is 33.2 Å². The molecule has 134 valence electrons. The van der Waals surface area contributed by atoms with E-state index < -0.39 is 0 Å². The number of nitrogens with one attached hydrogen (secondary N) is 2. The molecule has 0 saturated carbocycles. The van der Waals surface area contributed by atoms with Crippen molar-refractivity contribution >= 4 is 28.1 Å². The third kappa shape index (κ3) is 3.86. The van der Waals surface area contributed by atoms with Crippen molar-refractivity contribution in [3.63, 3.8) is 0 Å². The van der Waals surface area contributed by atoms with Gasteiger partial charge in [0.05, 0.1) is 12.3 Å². The number of nitrogens with zero attached hydrogens (tertiary/aromatic N) is 3. The number of benzene rings is 1. The first-order valence-corrected chi connectivity index (χ1v) is 8.71. The van der Waals surface area contributed by atoms with Crippen molar-refractivity contribution in [2.24, 2.45) is 0 Å². The van der Waals surface area contributed by atoms with E-state index in [1.54, 1.807) is 12.4 Å². The molecule has 0 bridgehead atoms. The Balaban J connectivity index is 1.72. The van der Waals surface area contributed by atoms with E-state index in [-0.39, 0.29) is 6.61 Å². The van der Waals surface area contributed by atoms with Crippen molar-refractivity contribution < 1.29 is 5.11 Å². The van der Waals surface area contributed by atoms with Crippen molar-refractivity contribution in [1.82, 2.24) is 15.0 Å². The van der Waals surface area contributed by atoms with Crippen LogP contribution >= 0.6 is 0 Å². The Morgan fingerprint density at radius 3 is 2.70 bits per heavy atom. The van der Waals surface area contributed by atoms with Gasteiger partial charge in [-0.1, -0.05) is 18.2 Å². The van der Waals surface area contributed by atoms with E-state index in [2.05, 4.69) is 20.6 Å². The van der Waals surface area contributed by atoms with Gasteiger partial charge in [0, 0.05) is 47.2 Å². The van der Waals surface area contributed by atoms with Gasteiger partial charge in [0.2, 0.25) is 0 Å². The van der Waals surface area contributed by atoms with Crippen LogP contribution in [0, 0.1) is 0 Å². The van der Waals surface area contributed by atoms with Crippen molar-refractivity contribution in [1.29, 1.82) is 0 Å². The zero-order valence-corrected chi connectivity index (χ0v) is 14.6. The van der Waals surface area contributed by atoms with Gasteiger partial charge in [0.15, 0.2) is 0 Å². The molecular formula is C21H19N5O. The van der Waals surface area contributed by atoms with E-state index in [1.165, 1.54) is 0 Å². The summed E-state index contributed by atoms with van der Waals surface area (Å²) >= 11 is 0. The summed E-state index contributed by atoms with van der Waals surface area (Å²) in [6.45, 7) is 0.476. The highest BCUT2D eigenvalue weighted by Gasteiger charge is 2.09. The minimum atomic E-state index is 0.0406. The molecule has 3 aromatic heterocycles. The molecule has 0 aliphatic heterocycles. The maximum Gasteiger partial charge on any atom is 0.134 e. The van der Waals surface area contributed by atoms with E-state index in [0.29, 0.717) is 6.54 Å². The lowest BCUT2D eigenvalue weighted by molar-refractivity contribution is 0.311. The van der Waals surface area contributed by atoms with Gasteiger partial charge in [-0.2, -0.15) is 0 Å². The van der Waals surface area contributed by atoms with Gasteiger partial charge in [-0.3, -0.25) is 4.98 Å². The molecule has 0 radical (unpaired) electrons. The normalized spacial score (nSPS) is 10.7. The molecule has 27 heavy (non-hydrogen) atoms. The van der Waals surface area contributed by atoms with Crippen molar-refractivity contribution in [2.45, 2.75) is 0 Å². The van der Waals surface area contributed by atoms with Gasteiger partial charge in [0.1, 0.15) is 11.6 Å². The zero-order chi connectivity index (χ0) is 18.5. The number of para-hydroxylation sites is 1. The molecule has 3 heterocycles. The fourth-order valence-corrected chi connectivity index (χ4v) is 2.88. The number of pyridine rings is 3. The topological polar surface area (TPSA) is 83.0 Å². The van der Waals surface area contributed by atoms with E-state index in [4.69, 9.17) is 10.1 Å². The first-order chi connectivity index (χ1) is 13.3. The highest BCUT2D eigenvalue weighted by atomic mass is 16.3. The summed E-state index contributed by atoms with van der Waals surface area (Å²) in [7, 11) is 0. The molecule has 3 N–H and O–H groups in total. The summed E-state index contributed by atoms with van der Waals surface area (Å²) in [5.74, 6) is 1.48. The second kappa shape index (κ2) is 7.80. The SMILES string of the molecule is OCCNc1nc(-c2ccnc(Nc3ccccc3)c2)cc2cnccc12. The predicted octanol–water partition coefficient (Wildman–Crippen LogP) is 3.84. The van der Waals surface area contributed by atoms with Crippen LogP contribution in [0.3, 0.4) is 0 Å². The summed E-state index contributed by atoms with van der Waals surface area (Å²) in [4.78, 5) is 13.4. The lowest BCUT2D eigenvalue weighted by Gasteiger charge is -2.12. The number of rotatable bonds is 6. The maximum atomic E-state index is 9.14. The largest absolute Gasteiger partial charge is 0.395 e.